The molecule has 0 aliphatic rings. The number of halogens is 1. The Kier molecular flexibility index (Phi) is 2.43. The second kappa shape index (κ2) is 3.74. The lowest BCUT2D eigenvalue weighted by atomic mass is 10.1. The lowest BCUT2D eigenvalue weighted by Crippen LogP contribution is -2.15. The van der Waals surface area contributed by atoms with E-state index in [1.54, 1.807) is 41.3 Å². The summed E-state index contributed by atoms with van der Waals surface area (Å²) in [6, 6.07) is 6.85. The lowest BCUT2D eigenvalue weighted by molar-refractivity contribution is 0.100. The first kappa shape index (κ1) is 9.73. The van der Waals surface area contributed by atoms with Crippen LogP contribution >= 0.6 is 11.6 Å². The molecule has 5 heteroatoms. The van der Waals surface area contributed by atoms with Crippen LogP contribution in [0.3, 0.4) is 0 Å². The van der Waals surface area contributed by atoms with Crippen LogP contribution in [0, 0.1) is 0 Å². The third kappa shape index (κ3) is 1.71. The van der Waals surface area contributed by atoms with E-state index in [0.29, 0.717) is 10.7 Å². The molecule has 2 rings (SSSR count). The molecule has 0 aliphatic carbocycles. The predicted octanol–water partition coefficient (Wildman–Crippen LogP) is 1.62. The van der Waals surface area contributed by atoms with Gasteiger partial charge in [-0.2, -0.15) is 5.10 Å². The molecule has 0 saturated carbocycles. The molecule has 1 aromatic heterocycles. The molecular formula is C10H8ClN3O. The van der Waals surface area contributed by atoms with Crippen molar-refractivity contribution in [3.63, 3.8) is 0 Å². The molecule has 0 radical (unpaired) electrons. The fraction of sp³-hybridized carbons (Fsp3) is 0. The summed E-state index contributed by atoms with van der Waals surface area (Å²) in [6.45, 7) is 0. The molecule has 15 heavy (non-hydrogen) atoms. The number of rotatable bonds is 2. The summed E-state index contributed by atoms with van der Waals surface area (Å²) in [5.41, 5.74) is 6.12. The standard InChI is InChI=1S/C10H8ClN3O/c11-7-3-1-4-8(9(7)10(12)15)14-6-2-5-13-14/h1-6H,(H2,12,15). The van der Waals surface area contributed by atoms with E-state index in [-0.39, 0.29) is 5.56 Å². The molecule has 0 unspecified atom stereocenters. The van der Waals surface area contributed by atoms with Crippen molar-refractivity contribution in [1.29, 1.82) is 0 Å². The summed E-state index contributed by atoms with van der Waals surface area (Å²) in [4.78, 5) is 11.2. The van der Waals surface area contributed by atoms with Crippen LogP contribution < -0.4 is 5.73 Å². The third-order valence-electron chi connectivity index (χ3n) is 1.99. The topological polar surface area (TPSA) is 60.9 Å². The summed E-state index contributed by atoms with van der Waals surface area (Å²) in [7, 11) is 0. The zero-order chi connectivity index (χ0) is 10.8. The number of amides is 1. The van der Waals surface area contributed by atoms with E-state index in [9.17, 15) is 4.79 Å². The molecule has 0 atom stereocenters. The maximum atomic E-state index is 11.2. The molecular weight excluding hydrogens is 214 g/mol. The van der Waals surface area contributed by atoms with Gasteiger partial charge in [-0.15, -0.1) is 0 Å². The van der Waals surface area contributed by atoms with E-state index in [4.69, 9.17) is 17.3 Å². The van der Waals surface area contributed by atoms with Gasteiger partial charge < -0.3 is 5.73 Å². The average Bonchev–Trinajstić information content (AvgIpc) is 2.69. The summed E-state index contributed by atoms with van der Waals surface area (Å²) in [5.74, 6) is -0.564. The van der Waals surface area contributed by atoms with E-state index in [1.807, 2.05) is 0 Å². The van der Waals surface area contributed by atoms with Crippen molar-refractivity contribution in [2.24, 2.45) is 5.73 Å². The lowest BCUT2D eigenvalue weighted by Gasteiger charge is -2.07. The van der Waals surface area contributed by atoms with Gasteiger partial charge in [-0.05, 0) is 18.2 Å². The Morgan fingerprint density at radius 3 is 2.80 bits per heavy atom. The normalized spacial score (nSPS) is 10.2. The molecule has 2 N–H and O–H groups in total. The largest absolute Gasteiger partial charge is 0.365 e. The molecule has 0 aliphatic heterocycles. The van der Waals surface area contributed by atoms with Gasteiger partial charge in [0.15, 0.2) is 0 Å². The molecule has 0 bridgehead atoms. The van der Waals surface area contributed by atoms with Crippen LogP contribution in [-0.2, 0) is 0 Å². The highest BCUT2D eigenvalue weighted by Gasteiger charge is 2.13. The predicted molar refractivity (Wildman–Crippen MR) is 57.1 cm³/mol. The maximum absolute atomic E-state index is 11.2. The molecule has 0 saturated heterocycles. The molecule has 76 valence electrons. The van der Waals surface area contributed by atoms with Gasteiger partial charge in [-0.1, -0.05) is 17.7 Å². The molecule has 0 spiro atoms. The number of hydrogen-bond acceptors (Lipinski definition) is 2. The summed E-state index contributed by atoms with van der Waals surface area (Å²) in [5, 5.41) is 4.35. The maximum Gasteiger partial charge on any atom is 0.252 e. The summed E-state index contributed by atoms with van der Waals surface area (Å²) < 4.78 is 1.55. The first-order valence-electron chi connectivity index (χ1n) is 4.28. The SMILES string of the molecule is NC(=O)c1c(Cl)cccc1-n1cccn1. The van der Waals surface area contributed by atoms with Crippen molar-refractivity contribution in [1.82, 2.24) is 9.78 Å². The van der Waals surface area contributed by atoms with Gasteiger partial charge in [0.1, 0.15) is 0 Å². The number of carbonyl (C=O) groups excluding carboxylic acids is 1. The van der Waals surface area contributed by atoms with Gasteiger partial charge in [0.2, 0.25) is 0 Å². The van der Waals surface area contributed by atoms with E-state index < -0.39 is 5.91 Å². The average molecular weight is 222 g/mol. The quantitative estimate of drug-likeness (QED) is 0.838. The number of benzene rings is 1. The zero-order valence-corrected chi connectivity index (χ0v) is 8.48. The Morgan fingerprint density at radius 1 is 1.40 bits per heavy atom. The fourth-order valence-corrected chi connectivity index (χ4v) is 1.62. The third-order valence-corrected chi connectivity index (χ3v) is 2.30. The van der Waals surface area contributed by atoms with Crippen LogP contribution in [0.15, 0.2) is 36.7 Å². The minimum absolute atomic E-state index is 0.280. The fourth-order valence-electron chi connectivity index (χ4n) is 1.36. The molecule has 0 fully saturated rings. The van der Waals surface area contributed by atoms with Crippen LogP contribution in [0.4, 0.5) is 0 Å². The molecule has 2 aromatic rings. The second-order valence-corrected chi connectivity index (χ2v) is 3.36. The molecule has 1 heterocycles. The molecule has 1 amide bonds. The van der Waals surface area contributed by atoms with Crippen LogP contribution in [0.1, 0.15) is 10.4 Å². The highest BCUT2D eigenvalue weighted by molar-refractivity contribution is 6.34. The second-order valence-electron chi connectivity index (χ2n) is 2.95. The van der Waals surface area contributed by atoms with Crippen LogP contribution in [-0.4, -0.2) is 15.7 Å². The minimum atomic E-state index is -0.564. The van der Waals surface area contributed by atoms with Crippen LogP contribution in [0.25, 0.3) is 5.69 Å². The molecule has 4 nitrogen and oxygen atoms in total. The highest BCUT2D eigenvalue weighted by atomic mass is 35.5. The van der Waals surface area contributed by atoms with E-state index in [2.05, 4.69) is 5.10 Å². The first-order valence-corrected chi connectivity index (χ1v) is 4.66. The first-order chi connectivity index (χ1) is 7.20. The monoisotopic (exact) mass is 221 g/mol. The zero-order valence-electron chi connectivity index (χ0n) is 7.72. The smallest absolute Gasteiger partial charge is 0.252 e. The number of nitrogens with zero attached hydrogens (tertiary/aromatic N) is 2. The van der Waals surface area contributed by atoms with E-state index in [1.165, 1.54) is 0 Å². The summed E-state index contributed by atoms with van der Waals surface area (Å²) in [6.07, 6.45) is 3.34. The van der Waals surface area contributed by atoms with Gasteiger partial charge >= 0.3 is 0 Å². The van der Waals surface area contributed by atoms with Crippen molar-refractivity contribution in [2.75, 3.05) is 0 Å². The van der Waals surface area contributed by atoms with Crippen molar-refractivity contribution >= 4 is 17.5 Å². The number of hydrogen-bond donors (Lipinski definition) is 1. The number of aromatic nitrogens is 2. The van der Waals surface area contributed by atoms with Gasteiger partial charge in [0, 0.05) is 12.4 Å². The minimum Gasteiger partial charge on any atom is -0.365 e. The van der Waals surface area contributed by atoms with Crippen molar-refractivity contribution < 1.29 is 4.79 Å². The number of primary amides is 1. The number of carbonyl (C=O) groups is 1. The van der Waals surface area contributed by atoms with E-state index >= 15 is 0 Å². The van der Waals surface area contributed by atoms with Gasteiger partial charge in [0.25, 0.3) is 5.91 Å². The molecule has 1 aromatic carbocycles. The Balaban J connectivity index is 2.66. The van der Waals surface area contributed by atoms with Gasteiger partial charge in [-0.3, -0.25) is 4.79 Å². The van der Waals surface area contributed by atoms with Gasteiger partial charge in [0.05, 0.1) is 16.3 Å². The highest BCUT2D eigenvalue weighted by Crippen LogP contribution is 2.22. The Labute approximate surface area is 91.3 Å². The Morgan fingerprint density at radius 2 is 2.20 bits per heavy atom. The van der Waals surface area contributed by atoms with Crippen molar-refractivity contribution in [2.45, 2.75) is 0 Å². The summed E-state index contributed by atoms with van der Waals surface area (Å²) >= 11 is 5.90. The van der Waals surface area contributed by atoms with Crippen LogP contribution in [0.5, 0.6) is 0 Å². The van der Waals surface area contributed by atoms with Gasteiger partial charge in [-0.25, -0.2) is 4.68 Å². The van der Waals surface area contributed by atoms with E-state index in [0.717, 1.165) is 0 Å². The number of nitrogens with two attached hydrogens (primary N) is 1. The Hall–Kier alpha value is -1.81. The van der Waals surface area contributed by atoms with Crippen molar-refractivity contribution in [3.05, 3.63) is 47.2 Å². The Bertz CT molecular complexity index is 493. The van der Waals surface area contributed by atoms with Crippen molar-refractivity contribution in [3.8, 4) is 5.69 Å². The van der Waals surface area contributed by atoms with Crippen LogP contribution in [0.2, 0.25) is 5.02 Å².